The van der Waals surface area contributed by atoms with E-state index in [1.807, 2.05) is 0 Å². The Labute approximate surface area is 278 Å². The number of hydrogen-bond donors (Lipinski definition) is 1. The Balaban J connectivity index is 0.000000116. The van der Waals surface area contributed by atoms with Crippen molar-refractivity contribution in [2.75, 3.05) is 52.9 Å². The molecule has 8 atom stereocenters. The quantitative estimate of drug-likeness (QED) is 0.379. The second kappa shape index (κ2) is 15.7. The normalized spacial score (nSPS) is 41.5. The van der Waals surface area contributed by atoms with Crippen LogP contribution in [0.3, 0.4) is 0 Å². The van der Waals surface area contributed by atoms with E-state index in [4.69, 9.17) is 37.9 Å². The van der Waals surface area contributed by atoms with Gasteiger partial charge in [-0.3, -0.25) is 0 Å². The van der Waals surface area contributed by atoms with Gasteiger partial charge in [0, 0.05) is 48.7 Å². The monoisotopic (exact) mass is 652 g/mol. The smallest absolute Gasteiger partial charge is 0.174 e. The highest BCUT2D eigenvalue weighted by atomic mass is 16.8. The standard InChI is InChI=1S/2C12H20O3.C10H16O3.C3H8/c2*1-2-13-11-7-9-3-4-10(8-11)12(9)14-5-6-15-12;11-9-5-7-1-2-8(6-9)10(7)12-3-4-13-10;1-3-2/h2*9-11H,2-8H2,1H3;7-9,11H,1-6H2;3H2,1-2H3/t2*9-,10+,11?;;. The third-order valence-corrected chi connectivity index (χ3v) is 12.3. The predicted octanol–water partition coefficient (Wildman–Crippen LogP) is 6.24. The van der Waals surface area contributed by atoms with Gasteiger partial charge in [0.2, 0.25) is 0 Å². The molecule has 9 fully saturated rings. The van der Waals surface area contributed by atoms with Crippen LogP contribution in [0.1, 0.15) is 111 Å². The lowest BCUT2D eigenvalue weighted by molar-refractivity contribution is -0.237. The van der Waals surface area contributed by atoms with Crippen molar-refractivity contribution >= 4 is 0 Å². The average molecular weight is 653 g/mol. The fourth-order valence-corrected chi connectivity index (χ4v) is 10.8. The van der Waals surface area contributed by atoms with E-state index in [2.05, 4.69) is 27.7 Å². The van der Waals surface area contributed by atoms with E-state index in [-0.39, 0.29) is 23.5 Å². The highest BCUT2D eigenvalue weighted by molar-refractivity contribution is 5.03. The van der Waals surface area contributed by atoms with Gasteiger partial charge in [-0.2, -0.15) is 0 Å². The summed E-state index contributed by atoms with van der Waals surface area (Å²) in [4.78, 5) is 0. The fourth-order valence-electron chi connectivity index (χ4n) is 10.8. The summed E-state index contributed by atoms with van der Waals surface area (Å²) in [6.45, 7) is 14.7. The Bertz CT molecular complexity index is 830. The van der Waals surface area contributed by atoms with Crippen molar-refractivity contribution < 1.29 is 43.0 Å². The minimum absolute atomic E-state index is 0.115. The second-order valence-corrected chi connectivity index (χ2v) is 15.1. The minimum atomic E-state index is -0.279. The fraction of sp³-hybridized carbons (Fsp3) is 1.00. The van der Waals surface area contributed by atoms with Gasteiger partial charge in [0.05, 0.1) is 58.0 Å². The van der Waals surface area contributed by atoms with Gasteiger partial charge >= 0.3 is 0 Å². The first-order valence-electron chi connectivity index (χ1n) is 19.2. The van der Waals surface area contributed by atoms with E-state index < -0.39 is 0 Å². The van der Waals surface area contributed by atoms with Crippen molar-refractivity contribution in [1.82, 2.24) is 0 Å². The van der Waals surface area contributed by atoms with Gasteiger partial charge in [-0.05, 0) is 90.9 Å². The topological polar surface area (TPSA) is 94.1 Å². The van der Waals surface area contributed by atoms with E-state index in [0.29, 0.717) is 47.7 Å². The van der Waals surface area contributed by atoms with Crippen LogP contribution >= 0.6 is 0 Å². The Morgan fingerprint density at radius 1 is 0.457 bits per heavy atom. The number of rotatable bonds is 4. The number of aliphatic hydroxyl groups excluding tert-OH is 1. The molecule has 266 valence electrons. The van der Waals surface area contributed by atoms with Gasteiger partial charge in [-0.15, -0.1) is 0 Å². The summed E-state index contributed by atoms with van der Waals surface area (Å²) in [7, 11) is 0. The molecule has 3 heterocycles. The van der Waals surface area contributed by atoms with Crippen LogP contribution in [0.25, 0.3) is 0 Å². The molecule has 3 spiro atoms. The molecule has 3 aliphatic heterocycles. The third kappa shape index (κ3) is 6.85. The average Bonchev–Trinajstić information content (AvgIpc) is 3.90. The first-order chi connectivity index (χ1) is 22.4. The molecule has 4 unspecified atom stereocenters. The summed E-state index contributed by atoms with van der Waals surface area (Å²) >= 11 is 0. The van der Waals surface area contributed by atoms with E-state index >= 15 is 0 Å². The maximum atomic E-state index is 9.62. The van der Waals surface area contributed by atoms with Crippen LogP contribution in [0.5, 0.6) is 0 Å². The summed E-state index contributed by atoms with van der Waals surface area (Å²) in [5, 5.41) is 9.62. The lowest BCUT2D eigenvalue weighted by Crippen LogP contribution is -2.47. The molecule has 0 aromatic heterocycles. The Morgan fingerprint density at radius 3 is 0.935 bits per heavy atom. The third-order valence-electron chi connectivity index (χ3n) is 12.3. The molecule has 9 heteroatoms. The number of aliphatic hydroxyl groups is 1. The van der Waals surface area contributed by atoms with E-state index in [0.717, 1.165) is 91.4 Å². The van der Waals surface area contributed by atoms with Crippen molar-refractivity contribution in [3.63, 3.8) is 0 Å². The number of ether oxygens (including phenoxy) is 8. The van der Waals surface area contributed by atoms with Crippen LogP contribution in [0, 0.1) is 35.5 Å². The van der Waals surface area contributed by atoms with Crippen molar-refractivity contribution in [3.05, 3.63) is 0 Å². The maximum absolute atomic E-state index is 9.62. The summed E-state index contributed by atoms with van der Waals surface area (Å²) in [5.74, 6) is 2.53. The maximum Gasteiger partial charge on any atom is 0.174 e. The summed E-state index contributed by atoms with van der Waals surface area (Å²) in [6, 6.07) is 0. The molecule has 0 radical (unpaired) electrons. The molecule has 0 aromatic rings. The highest BCUT2D eigenvalue weighted by Crippen LogP contribution is 2.56. The van der Waals surface area contributed by atoms with E-state index in [9.17, 15) is 5.11 Å². The molecular weight excluding hydrogens is 588 g/mol. The van der Waals surface area contributed by atoms with Gasteiger partial charge in [-0.25, -0.2) is 0 Å². The summed E-state index contributed by atoms with van der Waals surface area (Å²) in [5.41, 5.74) is 0. The zero-order valence-corrected chi connectivity index (χ0v) is 29.3. The molecule has 0 aromatic carbocycles. The molecule has 3 saturated heterocycles. The first-order valence-corrected chi connectivity index (χ1v) is 19.2. The van der Waals surface area contributed by atoms with Crippen molar-refractivity contribution in [2.45, 2.75) is 147 Å². The largest absolute Gasteiger partial charge is 0.393 e. The molecule has 6 aliphatic carbocycles. The molecule has 1 N–H and O–H groups in total. The number of hydrogen-bond acceptors (Lipinski definition) is 9. The molecule has 0 amide bonds. The van der Waals surface area contributed by atoms with Gasteiger partial charge in [0.25, 0.3) is 0 Å². The molecule has 9 nitrogen and oxygen atoms in total. The van der Waals surface area contributed by atoms with Crippen molar-refractivity contribution in [2.24, 2.45) is 35.5 Å². The SMILES string of the molecule is CCC.CCOC1C[C@H]2CC[C@@H](C1)C21OCCO1.CCOC1C[C@H]2CC[C@@H](C1)C21OCCO1.OC1CC2CCC(C1)C21OCCO1. The Hall–Kier alpha value is -0.360. The highest BCUT2D eigenvalue weighted by Gasteiger charge is 2.60. The molecule has 46 heavy (non-hydrogen) atoms. The lowest BCUT2D eigenvalue weighted by Gasteiger charge is -2.41. The second-order valence-electron chi connectivity index (χ2n) is 15.1. The van der Waals surface area contributed by atoms with Crippen LogP contribution in [-0.4, -0.2) is 93.6 Å². The van der Waals surface area contributed by atoms with E-state index in [1.165, 1.54) is 44.9 Å². The molecule has 9 aliphatic rings. The predicted molar refractivity (Wildman–Crippen MR) is 173 cm³/mol. The van der Waals surface area contributed by atoms with Crippen LogP contribution in [0.4, 0.5) is 0 Å². The molecule has 6 saturated carbocycles. The van der Waals surface area contributed by atoms with E-state index in [1.54, 1.807) is 0 Å². The van der Waals surface area contributed by atoms with Crippen molar-refractivity contribution in [1.29, 1.82) is 0 Å². The minimum Gasteiger partial charge on any atom is -0.393 e. The van der Waals surface area contributed by atoms with Gasteiger partial charge in [0.1, 0.15) is 0 Å². The zero-order valence-electron chi connectivity index (χ0n) is 29.3. The summed E-state index contributed by atoms with van der Waals surface area (Å²) in [6.07, 6.45) is 15.7. The van der Waals surface area contributed by atoms with Crippen molar-refractivity contribution in [3.8, 4) is 0 Å². The molecule has 9 rings (SSSR count). The molecule has 6 bridgehead atoms. The Morgan fingerprint density at radius 2 is 0.696 bits per heavy atom. The zero-order chi connectivity index (χ0) is 32.2. The summed E-state index contributed by atoms with van der Waals surface area (Å²) < 4.78 is 46.7. The van der Waals surface area contributed by atoms with Crippen LogP contribution < -0.4 is 0 Å². The van der Waals surface area contributed by atoms with Crippen LogP contribution in [-0.2, 0) is 37.9 Å². The lowest BCUT2D eigenvalue weighted by atomic mass is 9.81. The van der Waals surface area contributed by atoms with Gasteiger partial charge in [-0.1, -0.05) is 20.3 Å². The van der Waals surface area contributed by atoms with Crippen LogP contribution in [0.15, 0.2) is 0 Å². The van der Waals surface area contributed by atoms with Crippen LogP contribution in [0.2, 0.25) is 0 Å². The Kier molecular flexibility index (Phi) is 12.1. The molecular formula is C37H64O9. The first kappa shape index (κ1) is 35.5. The van der Waals surface area contributed by atoms with Gasteiger partial charge < -0.3 is 43.0 Å². The van der Waals surface area contributed by atoms with Gasteiger partial charge in [0.15, 0.2) is 17.4 Å².